The quantitative estimate of drug-likeness (QED) is 0.799. The molecule has 0 bridgehead atoms. The van der Waals surface area contributed by atoms with Gasteiger partial charge in [0.25, 0.3) is 0 Å². The lowest BCUT2D eigenvalue weighted by Gasteiger charge is -2.35. The Kier molecular flexibility index (Phi) is 4.08. The van der Waals surface area contributed by atoms with Crippen LogP contribution >= 0.6 is 11.3 Å². The van der Waals surface area contributed by atoms with Crippen molar-refractivity contribution in [2.45, 2.75) is 40.2 Å². The summed E-state index contributed by atoms with van der Waals surface area (Å²) in [6, 6.07) is 9.31. The molecule has 0 saturated heterocycles. The van der Waals surface area contributed by atoms with Crippen LogP contribution in [0, 0.1) is 5.41 Å². The Bertz CT molecular complexity index is 513. The van der Waals surface area contributed by atoms with Crippen LogP contribution in [0.25, 0.3) is 10.1 Å². The second-order valence-electron chi connectivity index (χ2n) is 5.52. The van der Waals surface area contributed by atoms with Crippen molar-refractivity contribution >= 4 is 21.4 Å². The fourth-order valence-electron chi connectivity index (χ4n) is 2.46. The lowest BCUT2D eigenvalue weighted by Crippen LogP contribution is -2.33. The molecule has 18 heavy (non-hydrogen) atoms. The molecule has 0 aliphatic rings. The molecule has 0 aliphatic heterocycles. The Hall–Kier alpha value is -0.860. The Morgan fingerprint density at radius 3 is 2.67 bits per heavy atom. The third-order valence-electron chi connectivity index (χ3n) is 3.92. The second-order valence-corrected chi connectivity index (χ2v) is 6.44. The van der Waals surface area contributed by atoms with E-state index in [0.717, 1.165) is 6.54 Å². The summed E-state index contributed by atoms with van der Waals surface area (Å²) in [5.41, 5.74) is 1.73. The SMILES string of the molecule is CCNC(c1cccc2ccsc12)C(C)(C)CC. The topological polar surface area (TPSA) is 12.0 Å². The van der Waals surface area contributed by atoms with Crippen LogP contribution < -0.4 is 5.32 Å². The third-order valence-corrected chi connectivity index (χ3v) is 4.90. The van der Waals surface area contributed by atoms with Crippen LogP contribution in [-0.4, -0.2) is 6.54 Å². The molecule has 0 radical (unpaired) electrons. The van der Waals surface area contributed by atoms with Gasteiger partial charge < -0.3 is 5.32 Å². The summed E-state index contributed by atoms with van der Waals surface area (Å²) < 4.78 is 1.44. The van der Waals surface area contributed by atoms with Gasteiger partial charge >= 0.3 is 0 Å². The average Bonchev–Trinajstić information content (AvgIpc) is 2.84. The highest BCUT2D eigenvalue weighted by atomic mass is 32.1. The van der Waals surface area contributed by atoms with E-state index in [1.807, 2.05) is 11.3 Å². The molecule has 0 aliphatic carbocycles. The van der Waals surface area contributed by atoms with Crippen LogP contribution in [0.4, 0.5) is 0 Å². The number of fused-ring (bicyclic) bond motifs is 1. The molecule has 0 spiro atoms. The van der Waals surface area contributed by atoms with Crippen molar-refractivity contribution in [3.63, 3.8) is 0 Å². The van der Waals surface area contributed by atoms with Crippen molar-refractivity contribution in [3.8, 4) is 0 Å². The summed E-state index contributed by atoms with van der Waals surface area (Å²) >= 11 is 1.85. The van der Waals surface area contributed by atoms with E-state index in [1.165, 1.54) is 22.1 Å². The van der Waals surface area contributed by atoms with Crippen LogP contribution in [-0.2, 0) is 0 Å². The lowest BCUT2D eigenvalue weighted by molar-refractivity contribution is 0.239. The second kappa shape index (κ2) is 5.41. The first-order valence-corrected chi connectivity index (χ1v) is 7.67. The number of thiophene rings is 1. The minimum Gasteiger partial charge on any atom is -0.310 e. The third kappa shape index (κ3) is 2.45. The number of hydrogen-bond donors (Lipinski definition) is 1. The van der Waals surface area contributed by atoms with Crippen molar-refractivity contribution in [1.82, 2.24) is 5.32 Å². The molecule has 2 rings (SSSR count). The summed E-state index contributed by atoms with van der Waals surface area (Å²) in [7, 11) is 0. The maximum absolute atomic E-state index is 3.68. The van der Waals surface area contributed by atoms with Gasteiger partial charge in [-0.25, -0.2) is 0 Å². The Morgan fingerprint density at radius 2 is 2.00 bits per heavy atom. The van der Waals surface area contributed by atoms with Gasteiger partial charge in [-0.3, -0.25) is 0 Å². The lowest BCUT2D eigenvalue weighted by atomic mass is 9.78. The smallest absolute Gasteiger partial charge is 0.0390 e. The first-order chi connectivity index (χ1) is 8.60. The Labute approximate surface area is 114 Å². The maximum Gasteiger partial charge on any atom is 0.0390 e. The predicted octanol–water partition coefficient (Wildman–Crippen LogP) is 4.99. The highest BCUT2D eigenvalue weighted by Crippen LogP contribution is 2.40. The Balaban J connectivity index is 2.51. The van der Waals surface area contributed by atoms with Crippen molar-refractivity contribution in [3.05, 3.63) is 35.2 Å². The van der Waals surface area contributed by atoms with Gasteiger partial charge in [0.15, 0.2) is 0 Å². The number of nitrogens with one attached hydrogen (secondary N) is 1. The maximum atomic E-state index is 3.68. The van der Waals surface area contributed by atoms with Gasteiger partial charge in [0.2, 0.25) is 0 Å². The molecular weight excluding hydrogens is 238 g/mol. The van der Waals surface area contributed by atoms with Gasteiger partial charge in [0, 0.05) is 10.7 Å². The van der Waals surface area contributed by atoms with Crippen molar-refractivity contribution in [1.29, 1.82) is 0 Å². The van der Waals surface area contributed by atoms with Gasteiger partial charge in [-0.05, 0) is 40.8 Å². The minimum absolute atomic E-state index is 0.272. The molecule has 0 amide bonds. The van der Waals surface area contributed by atoms with Crippen LogP contribution in [0.2, 0.25) is 0 Å². The zero-order valence-corrected chi connectivity index (χ0v) is 12.6. The molecule has 1 nitrogen and oxygen atoms in total. The summed E-state index contributed by atoms with van der Waals surface area (Å²) in [4.78, 5) is 0. The number of hydrogen-bond acceptors (Lipinski definition) is 2. The molecule has 1 aromatic carbocycles. The van der Waals surface area contributed by atoms with Crippen LogP contribution in [0.15, 0.2) is 29.6 Å². The minimum atomic E-state index is 0.272. The van der Waals surface area contributed by atoms with Gasteiger partial charge in [0.1, 0.15) is 0 Å². The number of rotatable bonds is 5. The summed E-state index contributed by atoms with van der Waals surface area (Å²) in [6.45, 7) is 10.2. The molecule has 2 aromatic rings. The highest BCUT2D eigenvalue weighted by molar-refractivity contribution is 7.17. The molecule has 1 aromatic heterocycles. The van der Waals surface area contributed by atoms with E-state index < -0.39 is 0 Å². The van der Waals surface area contributed by atoms with Crippen molar-refractivity contribution in [2.24, 2.45) is 5.41 Å². The fourth-order valence-corrected chi connectivity index (χ4v) is 3.40. The molecule has 1 unspecified atom stereocenters. The number of benzene rings is 1. The Morgan fingerprint density at radius 1 is 1.22 bits per heavy atom. The van der Waals surface area contributed by atoms with E-state index in [0.29, 0.717) is 6.04 Å². The summed E-state index contributed by atoms with van der Waals surface area (Å²) in [5.74, 6) is 0. The van der Waals surface area contributed by atoms with E-state index in [2.05, 4.69) is 62.7 Å². The van der Waals surface area contributed by atoms with Gasteiger partial charge in [-0.2, -0.15) is 0 Å². The highest BCUT2D eigenvalue weighted by Gasteiger charge is 2.29. The largest absolute Gasteiger partial charge is 0.310 e. The first-order valence-electron chi connectivity index (χ1n) is 6.79. The van der Waals surface area contributed by atoms with Gasteiger partial charge in [-0.15, -0.1) is 11.3 Å². The van der Waals surface area contributed by atoms with E-state index in [4.69, 9.17) is 0 Å². The normalized spacial score (nSPS) is 14.0. The van der Waals surface area contributed by atoms with Gasteiger partial charge in [0.05, 0.1) is 0 Å². The van der Waals surface area contributed by atoms with E-state index >= 15 is 0 Å². The monoisotopic (exact) mass is 261 g/mol. The molecule has 98 valence electrons. The molecule has 2 heteroatoms. The summed E-state index contributed by atoms with van der Waals surface area (Å²) in [5, 5.41) is 7.24. The molecule has 0 saturated carbocycles. The van der Waals surface area contributed by atoms with E-state index in [1.54, 1.807) is 0 Å². The van der Waals surface area contributed by atoms with E-state index in [9.17, 15) is 0 Å². The van der Waals surface area contributed by atoms with Crippen molar-refractivity contribution < 1.29 is 0 Å². The molecule has 0 fully saturated rings. The molecule has 1 N–H and O–H groups in total. The van der Waals surface area contributed by atoms with Gasteiger partial charge in [-0.1, -0.05) is 45.9 Å². The zero-order chi connectivity index (χ0) is 13.2. The molecular formula is C16H23NS. The van der Waals surface area contributed by atoms with Crippen LogP contribution in [0.5, 0.6) is 0 Å². The van der Waals surface area contributed by atoms with Crippen LogP contribution in [0.3, 0.4) is 0 Å². The van der Waals surface area contributed by atoms with Crippen molar-refractivity contribution in [2.75, 3.05) is 6.54 Å². The average molecular weight is 261 g/mol. The zero-order valence-electron chi connectivity index (χ0n) is 11.8. The fraction of sp³-hybridized carbons (Fsp3) is 0.500. The van der Waals surface area contributed by atoms with E-state index in [-0.39, 0.29) is 5.41 Å². The first kappa shape index (κ1) is 13.6. The summed E-state index contributed by atoms with van der Waals surface area (Å²) in [6.07, 6.45) is 1.17. The van der Waals surface area contributed by atoms with Crippen LogP contribution in [0.1, 0.15) is 45.7 Å². The molecule has 1 heterocycles. The predicted molar refractivity (Wildman–Crippen MR) is 82.3 cm³/mol. The molecule has 1 atom stereocenters. The standard InChI is InChI=1S/C16H23NS/c1-5-16(3,4)15(17-6-2)13-9-7-8-12-10-11-18-14(12)13/h7-11,15,17H,5-6H2,1-4H3.